The predicted octanol–water partition coefficient (Wildman–Crippen LogP) is 6.38. The van der Waals surface area contributed by atoms with Crippen LogP contribution in [0, 0.1) is 0 Å². The molecule has 2 aromatic heterocycles. The van der Waals surface area contributed by atoms with Crippen LogP contribution in [-0.2, 0) is 5.75 Å². The fourth-order valence-corrected chi connectivity index (χ4v) is 4.65. The molecular formula is C22H18ClN3S. The third-order valence-electron chi connectivity index (χ3n) is 4.85. The molecule has 5 rings (SSSR count). The highest BCUT2D eigenvalue weighted by atomic mass is 35.5. The van der Waals surface area contributed by atoms with Crippen molar-refractivity contribution in [3.8, 4) is 11.3 Å². The van der Waals surface area contributed by atoms with Crippen LogP contribution >= 0.6 is 23.4 Å². The lowest BCUT2D eigenvalue weighted by molar-refractivity contribution is 0.669. The Kier molecular flexibility index (Phi) is 4.38. The number of pyridine rings is 1. The van der Waals surface area contributed by atoms with Crippen LogP contribution in [0.4, 0.5) is 0 Å². The van der Waals surface area contributed by atoms with E-state index in [2.05, 4.69) is 45.9 Å². The molecule has 0 bridgehead atoms. The van der Waals surface area contributed by atoms with Gasteiger partial charge in [-0.1, -0.05) is 71.9 Å². The molecule has 2 aromatic carbocycles. The largest absolute Gasteiger partial charge is 0.316 e. The van der Waals surface area contributed by atoms with E-state index in [0.29, 0.717) is 11.2 Å². The Morgan fingerprint density at radius 1 is 1.04 bits per heavy atom. The number of halogens is 1. The average Bonchev–Trinajstić information content (AvgIpc) is 3.46. The summed E-state index contributed by atoms with van der Waals surface area (Å²) in [5, 5.41) is 2.75. The minimum absolute atomic E-state index is 0.565. The van der Waals surface area contributed by atoms with Crippen molar-refractivity contribution < 1.29 is 0 Å². The van der Waals surface area contributed by atoms with Crippen LogP contribution in [0.25, 0.3) is 22.2 Å². The second-order valence-corrected chi connectivity index (χ2v) is 8.11. The number of thioether (sulfide) groups is 1. The molecule has 0 atom stereocenters. The molecule has 0 saturated heterocycles. The van der Waals surface area contributed by atoms with Gasteiger partial charge in [0.25, 0.3) is 0 Å². The van der Waals surface area contributed by atoms with Gasteiger partial charge >= 0.3 is 0 Å². The number of aromatic nitrogens is 3. The Bertz CT molecular complexity index is 1100. The first-order chi connectivity index (χ1) is 13.3. The Labute approximate surface area is 167 Å². The van der Waals surface area contributed by atoms with Crippen molar-refractivity contribution in [3.05, 3.63) is 77.6 Å². The highest BCUT2D eigenvalue weighted by molar-refractivity contribution is 7.98. The third-order valence-corrected chi connectivity index (χ3v) is 6.19. The maximum atomic E-state index is 6.43. The molecule has 0 spiro atoms. The van der Waals surface area contributed by atoms with E-state index in [4.69, 9.17) is 16.6 Å². The number of benzene rings is 2. The van der Waals surface area contributed by atoms with Crippen molar-refractivity contribution >= 4 is 34.3 Å². The quantitative estimate of drug-likeness (QED) is 0.292. The van der Waals surface area contributed by atoms with E-state index in [1.54, 1.807) is 11.8 Å². The van der Waals surface area contributed by atoms with E-state index >= 15 is 0 Å². The summed E-state index contributed by atoms with van der Waals surface area (Å²) in [7, 11) is 0. The maximum absolute atomic E-state index is 6.43. The van der Waals surface area contributed by atoms with Crippen LogP contribution in [-0.4, -0.2) is 14.5 Å². The number of rotatable bonds is 5. The normalized spacial score (nSPS) is 14.0. The maximum Gasteiger partial charge on any atom is 0.169 e. The zero-order chi connectivity index (χ0) is 18.2. The summed E-state index contributed by atoms with van der Waals surface area (Å²) in [6, 6.07) is 21.3. The molecule has 4 aromatic rings. The molecule has 2 heterocycles. The lowest BCUT2D eigenvalue weighted by atomic mass is 10.2. The summed E-state index contributed by atoms with van der Waals surface area (Å²) in [4.78, 5) is 9.26. The van der Waals surface area contributed by atoms with Gasteiger partial charge in [-0.2, -0.15) is 0 Å². The molecule has 27 heavy (non-hydrogen) atoms. The second kappa shape index (κ2) is 7.02. The van der Waals surface area contributed by atoms with Crippen LogP contribution in [0.1, 0.15) is 24.4 Å². The molecule has 1 fully saturated rings. The van der Waals surface area contributed by atoms with Gasteiger partial charge in [0.05, 0.1) is 17.4 Å². The van der Waals surface area contributed by atoms with Crippen molar-refractivity contribution in [3.63, 3.8) is 0 Å². The van der Waals surface area contributed by atoms with E-state index in [9.17, 15) is 0 Å². The highest BCUT2D eigenvalue weighted by Crippen LogP contribution is 2.42. The fourth-order valence-electron chi connectivity index (χ4n) is 3.34. The molecule has 1 aliphatic carbocycles. The lowest BCUT2D eigenvalue weighted by Crippen LogP contribution is -1.99. The van der Waals surface area contributed by atoms with Crippen LogP contribution < -0.4 is 0 Å². The molecule has 5 heteroatoms. The minimum atomic E-state index is 0.565. The Hall–Kier alpha value is -2.30. The van der Waals surface area contributed by atoms with Crippen LogP contribution in [0.3, 0.4) is 0 Å². The van der Waals surface area contributed by atoms with E-state index in [0.717, 1.165) is 27.4 Å². The minimum Gasteiger partial charge on any atom is -0.316 e. The van der Waals surface area contributed by atoms with Crippen molar-refractivity contribution in [1.82, 2.24) is 14.5 Å². The first-order valence-corrected chi connectivity index (χ1v) is 10.5. The number of hydrogen-bond acceptors (Lipinski definition) is 3. The van der Waals surface area contributed by atoms with Gasteiger partial charge in [0.2, 0.25) is 0 Å². The van der Waals surface area contributed by atoms with Gasteiger partial charge in [0.15, 0.2) is 5.16 Å². The van der Waals surface area contributed by atoms with Crippen LogP contribution in [0.2, 0.25) is 5.15 Å². The van der Waals surface area contributed by atoms with Crippen molar-refractivity contribution in [1.29, 1.82) is 0 Å². The van der Waals surface area contributed by atoms with Crippen molar-refractivity contribution in [2.45, 2.75) is 29.8 Å². The highest BCUT2D eigenvalue weighted by Gasteiger charge is 2.29. The van der Waals surface area contributed by atoms with E-state index in [1.807, 2.05) is 30.5 Å². The standard InChI is InChI=1S/C22H18ClN3S/c23-21-17(12-16-8-4-5-9-19(16)25-21)14-27-22-24-13-20(26(22)18-10-11-18)15-6-2-1-3-7-15/h1-9,12-13,18H,10-11,14H2. The molecular weight excluding hydrogens is 374 g/mol. The summed E-state index contributed by atoms with van der Waals surface area (Å²) in [6.07, 6.45) is 4.44. The van der Waals surface area contributed by atoms with Crippen molar-refractivity contribution in [2.24, 2.45) is 0 Å². The first kappa shape index (κ1) is 16.8. The van der Waals surface area contributed by atoms with Gasteiger partial charge in [-0.15, -0.1) is 0 Å². The first-order valence-electron chi connectivity index (χ1n) is 9.09. The van der Waals surface area contributed by atoms with E-state index in [1.165, 1.54) is 24.1 Å². The van der Waals surface area contributed by atoms with E-state index < -0.39 is 0 Å². The van der Waals surface area contributed by atoms with Gasteiger partial charge < -0.3 is 4.57 Å². The SMILES string of the molecule is Clc1nc2ccccc2cc1CSc1ncc(-c2ccccc2)n1C1CC1. The van der Waals surface area contributed by atoms with E-state index in [-0.39, 0.29) is 0 Å². The monoisotopic (exact) mass is 391 g/mol. The molecule has 0 aliphatic heterocycles. The number of nitrogens with zero attached hydrogens (tertiary/aromatic N) is 3. The average molecular weight is 392 g/mol. The molecule has 0 radical (unpaired) electrons. The molecule has 3 nitrogen and oxygen atoms in total. The topological polar surface area (TPSA) is 30.7 Å². The summed E-state index contributed by atoms with van der Waals surface area (Å²) in [6.45, 7) is 0. The van der Waals surface area contributed by atoms with Gasteiger partial charge in [-0.3, -0.25) is 0 Å². The second-order valence-electron chi connectivity index (χ2n) is 6.81. The van der Waals surface area contributed by atoms with Gasteiger partial charge in [0, 0.05) is 22.7 Å². The van der Waals surface area contributed by atoms with Crippen LogP contribution in [0.15, 0.2) is 72.0 Å². The fraction of sp³-hybridized carbons (Fsp3) is 0.182. The molecule has 0 amide bonds. The summed E-state index contributed by atoms with van der Waals surface area (Å²) in [5.41, 5.74) is 4.39. The zero-order valence-corrected chi connectivity index (χ0v) is 16.2. The van der Waals surface area contributed by atoms with Gasteiger partial charge in [0.1, 0.15) is 5.15 Å². The number of para-hydroxylation sites is 1. The smallest absolute Gasteiger partial charge is 0.169 e. The predicted molar refractivity (Wildman–Crippen MR) is 112 cm³/mol. The third kappa shape index (κ3) is 3.35. The number of hydrogen-bond donors (Lipinski definition) is 0. The van der Waals surface area contributed by atoms with Gasteiger partial charge in [-0.05, 0) is 30.5 Å². The summed E-state index contributed by atoms with van der Waals surface area (Å²) < 4.78 is 2.39. The summed E-state index contributed by atoms with van der Waals surface area (Å²) >= 11 is 8.17. The molecule has 0 unspecified atom stereocenters. The lowest BCUT2D eigenvalue weighted by Gasteiger charge is -2.11. The Morgan fingerprint density at radius 3 is 2.63 bits per heavy atom. The van der Waals surface area contributed by atoms with Crippen molar-refractivity contribution in [2.75, 3.05) is 0 Å². The molecule has 1 aliphatic rings. The molecule has 134 valence electrons. The molecule has 1 saturated carbocycles. The number of fused-ring (bicyclic) bond motifs is 1. The Balaban J connectivity index is 1.45. The van der Waals surface area contributed by atoms with Crippen LogP contribution in [0.5, 0.6) is 0 Å². The Morgan fingerprint density at radius 2 is 1.81 bits per heavy atom. The van der Waals surface area contributed by atoms with Gasteiger partial charge in [-0.25, -0.2) is 9.97 Å². The molecule has 0 N–H and O–H groups in total. The summed E-state index contributed by atoms with van der Waals surface area (Å²) in [5.74, 6) is 0.759. The zero-order valence-electron chi connectivity index (χ0n) is 14.7. The number of imidazole rings is 1.